The highest BCUT2D eigenvalue weighted by Gasteiger charge is 2.34. The molecule has 0 radical (unpaired) electrons. The van der Waals surface area contributed by atoms with E-state index in [0.717, 1.165) is 12.1 Å². The van der Waals surface area contributed by atoms with Gasteiger partial charge in [0.15, 0.2) is 0 Å². The second-order valence-electron chi connectivity index (χ2n) is 4.37. The van der Waals surface area contributed by atoms with Crippen LogP contribution in [0.2, 0.25) is 0 Å². The summed E-state index contributed by atoms with van der Waals surface area (Å²) in [6, 6.07) is 3.90. The zero-order valence-electron chi connectivity index (χ0n) is 10.0. The first-order valence-electron chi connectivity index (χ1n) is 5.63. The Morgan fingerprint density at radius 1 is 1.30 bits per heavy atom. The molecule has 0 spiro atoms. The standard InChI is InChI=1S/C11H10F3N3O2S/c12-11(13,14)10-5-9(2-1-7(10)6-15)17-20(18,19)16-8-3-4-8/h1-2,5,8,16-17H,3-4H2. The first-order valence-corrected chi connectivity index (χ1v) is 7.11. The molecule has 0 aliphatic heterocycles. The molecule has 0 amide bonds. The maximum absolute atomic E-state index is 12.7. The van der Waals surface area contributed by atoms with Crippen molar-refractivity contribution in [3.8, 4) is 6.07 Å². The number of alkyl halides is 3. The minimum Gasteiger partial charge on any atom is -0.271 e. The summed E-state index contributed by atoms with van der Waals surface area (Å²) in [4.78, 5) is 0. The van der Waals surface area contributed by atoms with Gasteiger partial charge in [-0.05, 0) is 31.0 Å². The summed E-state index contributed by atoms with van der Waals surface area (Å²) in [5, 5.41) is 8.63. The summed E-state index contributed by atoms with van der Waals surface area (Å²) in [5.74, 6) is 0. The van der Waals surface area contributed by atoms with Gasteiger partial charge in [-0.1, -0.05) is 0 Å². The molecule has 0 bridgehead atoms. The molecule has 0 saturated heterocycles. The molecule has 20 heavy (non-hydrogen) atoms. The van der Waals surface area contributed by atoms with Crippen molar-refractivity contribution < 1.29 is 21.6 Å². The predicted octanol–water partition coefficient (Wildman–Crippen LogP) is 1.99. The van der Waals surface area contributed by atoms with Crippen LogP contribution in [0, 0.1) is 11.3 Å². The van der Waals surface area contributed by atoms with Crippen LogP contribution in [0.4, 0.5) is 18.9 Å². The fourth-order valence-electron chi connectivity index (χ4n) is 1.54. The Morgan fingerprint density at radius 3 is 2.45 bits per heavy atom. The van der Waals surface area contributed by atoms with Crippen LogP contribution in [-0.2, 0) is 16.4 Å². The van der Waals surface area contributed by atoms with Crippen LogP contribution < -0.4 is 9.44 Å². The number of benzene rings is 1. The van der Waals surface area contributed by atoms with E-state index in [2.05, 4.69) is 4.72 Å². The van der Waals surface area contributed by atoms with E-state index in [4.69, 9.17) is 5.26 Å². The topological polar surface area (TPSA) is 82.0 Å². The third-order valence-electron chi connectivity index (χ3n) is 2.60. The summed E-state index contributed by atoms with van der Waals surface area (Å²) in [6.07, 6.45) is -3.30. The van der Waals surface area contributed by atoms with Crippen molar-refractivity contribution in [3.05, 3.63) is 29.3 Å². The van der Waals surface area contributed by atoms with Crippen molar-refractivity contribution in [1.82, 2.24) is 4.72 Å². The number of nitriles is 1. The van der Waals surface area contributed by atoms with Crippen molar-refractivity contribution in [2.45, 2.75) is 25.1 Å². The van der Waals surface area contributed by atoms with E-state index in [-0.39, 0.29) is 11.7 Å². The molecular weight excluding hydrogens is 295 g/mol. The molecule has 1 aliphatic rings. The highest BCUT2D eigenvalue weighted by Crippen LogP contribution is 2.33. The normalized spacial score (nSPS) is 15.7. The van der Waals surface area contributed by atoms with Crippen LogP contribution >= 0.6 is 0 Å². The molecule has 1 aliphatic carbocycles. The predicted molar refractivity (Wildman–Crippen MR) is 64.9 cm³/mol. The second-order valence-corrected chi connectivity index (χ2v) is 5.81. The van der Waals surface area contributed by atoms with Gasteiger partial charge in [-0.25, -0.2) is 0 Å². The van der Waals surface area contributed by atoms with Crippen molar-refractivity contribution in [2.24, 2.45) is 0 Å². The molecule has 5 nitrogen and oxygen atoms in total. The minimum atomic E-state index is -4.73. The van der Waals surface area contributed by atoms with Crippen LogP contribution in [-0.4, -0.2) is 14.5 Å². The second kappa shape index (κ2) is 4.96. The number of nitrogens with zero attached hydrogens (tertiary/aromatic N) is 1. The first-order chi connectivity index (χ1) is 9.21. The molecule has 2 rings (SSSR count). The largest absolute Gasteiger partial charge is 0.417 e. The summed E-state index contributed by atoms with van der Waals surface area (Å²) in [6.45, 7) is 0. The smallest absolute Gasteiger partial charge is 0.271 e. The molecule has 0 unspecified atom stereocenters. The van der Waals surface area contributed by atoms with Crippen LogP contribution in [0.15, 0.2) is 18.2 Å². The minimum absolute atomic E-state index is 0.159. The summed E-state index contributed by atoms with van der Waals surface area (Å²) in [5.41, 5.74) is -1.98. The van der Waals surface area contributed by atoms with E-state index < -0.39 is 27.5 Å². The molecular formula is C11H10F3N3O2S. The van der Waals surface area contributed by atoms with E-state index >= 15 is 0 Å². The first kappa shape index (κ1) is 14.6. The van der Waals surface area contributed by atoms with E-state index in [0.29, 0.717) is 18.9 Å². The number of anilines is 1. The molecule has 0 heterocycles. The van der Waals surface area contributed by atoms with Gasteiger partial charge in [0, 0.05) is 6.04 Å². The average molecular weight is 305 g/mol. The molecule has 1 aromatic rings. The zero-order chi connectivity index (χ0) is 15.0. The summed E-state index contributed by atoms with van der Waals surface area (Å²) >= 11 is 0. The Balaban J connectivity index is 2.27. The third kappa shape index (κ3) is 3.61. The van der Waals surface area contributed by atoms with Crippen molar-refractivity contribution in [2.75, 3.05) is 4.72 Å². The molecule has 1 saturated carbocycles. The number of hydrogen-bond acceptors (Lipinski definition) is 3. The Kier molecular flexibility index (Phi) is 3.62. The third-order valence-corrected chi connectivity index (χ3v) is 3.74. The van der Waals surface area contributed by atoms with Crippen LogP contribution in [0.1, 0.15) is 24.0 Å². The molecule has 1 aromatic carbocycles. The van der Waals surface area contributed by atoms with Gasteiger partial charge >= 0.3 is 6.18 Å². The number of halogens is 3. The Morgan fingerprint density at radius 2 is 1.95 bits per heavy atom. The fraction of sp³-hybridized carbons (Fsp3) is 0.364. The lowest BCUT2D eigenvalue weighted by atomic mass is 10.1. The van der Waals surface area contributed by atoms with Gasteiger partial charge in [-0.2, -0.15) is 31.6 Å². The maximum Gasteiger partial charge on any atom is 0.417 e. The molecule has 2 N–H and O–H groups in total. The zero-order valence-corrected chi connectivity index (χ0v) is 10.8. The lowest BCUT2D eigenvalue weighted by molar-refractivity contribution is -0.137. The van der Waals surface area contributed by atoms with Crippen molar-refractivity contribution >= 4 is 15.9 Å². The number of hydrogen-bond donors (Lipinski definition) is 2. The van der Waals surface area contributed by atoms with Crippen molar-refractivity contribution in [1.29, 1.82) is 5.26 Å². The van der Waals surface area contributed by atoms with E-state index in [1.165, 1.54) is 6.07 Å². The molecule has 108 valence electrons. The van der Waals surface area contributed by atoms with Gasteiger partial charge in [0.25, 0.3) is 10.2 Å². The lowest BCUT2D eigenvalue weighted by Gasteiger charge is -2.12. The Bertz CT molecular complexity index is 660. The van der Waals surface area contributed by atoms with Crippen LogP contribution in [0.3, 0.4) is 0 Å². The van der Waals surface area contributed by atoms with Gasteiger partial charge in [-0.3, -0.25) is 4.72 Å². The molecule has 9 heteroatoms. The molecule has 0 atom stereocenters. The monoisotopic (exact) mass is 305 g/mol. The van der Waals surface area contributed by atoms with Gasteiger partial charge in [0.05, 0.1) is 22.9 Å². The number of nitrogens with one attached hydrogen (secondary N) is 2. The number of rotatable bonds is 4. The van der Waals surface area contributed by atoms with Crippen LogP contribution in [0.25, 0.3) is 0 Å². The SMILES string of the molecule is N#Cc1ccc(NS(=O)(=O)NC2CC2)cc1C(F)(F)F. The maximum atomic E-state index is 12.7. The lowest BCUT2D eigenvalue weighted by Crippen LogP contribution is -2.31. The Hall–Kier alpha value is -1.79. The quantitative estimate of drug-likeness (QED) is 0.892. The summed E-state index contributed by atoms with van der Waals surface area (Å²) < 4.78 is 65.7. The van der Waals surface area contributed by atoms with Gasteiger partial charge in [0.1, 0.15) is 0 Å². The Labute approximate surface area is 113 Å². The molecule has 1 fully saturated rings. The van der Waals surface area contributed by atoms with Crippen molar-refractivity contribution in [3.63, 3.8) is 0 Å². The summed E-state index contributed by atoms with van der Waals surface area (Å²) in [7, 11) is -3.90. The average Bonchev–Trinajstić information content (AvgIpc) is 3.10. The van der Waals surface area contributed by atoms with E-state index in [1.807, 2.05) is 4.72 Å². The molecule has 0 aromatic heterocycles. The van der Waals surface area contributed by atoms with Gasteiger partial charge in [0.2, 0.25) is 0 Å². The highest BCUT2D eigenvalue weighted by atomic mass is 32.2. The van der Waals surface area contributed by atoms with E-state index in [9.17, 15) is 21.6 Å². The highest BCUT2D eigenvalue weighted by molar-refractivity contribution is 7.90. The fourth-order valence-corrected chi connectivity index (χ4v) is 2.72. The van der Waals surface area contributed by atoms with Gasteiger partial charge in [-0.15, -0.1) is 0 Å². The van der Waals surface area contributed by atoms with E-state index in [1.54, 1.807) is 0 Å². The van der Waals surface area contributed by atoms with Crippen LogP contribution in [0.5, 0.6) is 0 Å². The van der Waals surface area contributed by atoms with Gasteiger partial charge < -0.3 is 0 Å².